The molecule has 0 unspecified atom stereocenters. The lowest BCUT2D eigenvalue weighted by molar-refractivity contribution is 0.357. The molecule has 0 amide bonds. The molecule has 3 rings (SSSR count). The van der Waals surface area contributed by atoms with E-state index in [0.29, 0.717) is 6.61 Å². The molecule has 1 aliphatic rings. The first kappa shape index (κ1) is 10.2. The fourth-order valence-corrected chi connectivity index (χ4v) is 2.30. The summed E-state index contributed by atoms with van der Waals surface area (Å²) in [6.45, 7) is 2.78. The molecular formula is C16H14O. The van der Waals surface area contributed by atoms with E-state index in [0.717, 1.165) is 5.75 Å². The van der Waals surface area contributed by atoms with Crippen LogP contribution in [0.1, 0.15) is 16.7 Å². The van der Waals surface area contributed by atoms with Crippen LogP contribution < -0.4 is 4.74 Å². The summed E-state index contributed by atoms with van der Waals surface area (Å²) in [6, 6.07) is 16.7. The van der Waals surface area contributed by atoms with Gasteiger partial charge in [0, 0.05) is 5.56 Å². The zero-order valence-corrected chi connectivity index (χ0v) is 9.81. The van der Waals surface area contributed by atoms with Crippen molar-refractivity contribution in [3.05, 3.63) is 71.3 Å². The summed E-state index contributed by atoms with van der Waals surface area (Å²) in [7, 11) is 0. The molecule has 0 fully saturated rings. The highest BCUT2D eigenvalue weighted by Crippen LogP contribution is 2.36. The molecule has 0 saturated heterocycles. The van der Waals surface area contributed by atoms with Gasteiger partial charge in [0.25, 0.3) is 0 Å². The Kier molecular flexibility index (Phi) is 2.45. The Morgan fingerprint density at radius 1 is 0.941 bits per heavy atom. The summed E-state index contributed by atoms with van der Waals surface area (Å²) in [5.74, 6) is 0.992. The average Bonchev–Trinajstić information content (AvgIpc) is 2.39. The monoisotopic (exact) mass is 222 g/mol. The molecule has 84 valence electrons. The number of aryl methyl sites for hydroxylation is 1. The van der Waals surface area contributed by atoms with Crippen molar-refractivity contribution >= 4 is 5.57 Å². The van der Waals surface area contributed by atoms with E-state index in [9.17, 15) is 0 Å². The summed E-state index contributed by atoms with van der Waals surface area (Å²) in [5, 5.41) is 0. The van der Waals surface area contributed by atoms with Gasteiger partial charge in [-0.15, -0.1) is 0 Å². The maximum atomic E-state index is 5.68. The molecule has 0 N–H and O–H groups in total. The Labute approximate surface area is 101 Å². The third-order valence-corrected chi connectivity index (χ3v) is 3.11. The second-order valence-corrected chi connectivity index (χ2v) is 4.24. The zero-order valence-electron chi connectivity index (χ0n) is 9.81. The molecule has 2 aromatic carbocycles. The highest BCUT2D eigenvalue weighted by Gasteiger charge is 2.16. The molecule has 0 saturated carbocycles. The predicted octanol–water partition coefficient (Wildman–Crippen LogP) is 3.82. The molecule has 2 aromatic rings. The highest BCUT2D eigenvalue weighted by atomic mass is 16.5. The van der Waals surface area contributed by atoms with Gasteiger partial charge in [0.2, 0.25) is 0 Å². The van der Waals surface area contributed by atoms with E-state index in [1.807, 2.05) is 18.2 Å². The summed E-state index contributed by atoms with van der Waals surface area (Å²) >= 11 is 0. The zero-order chi connectivity index (χ0) is 11.7. The van der Waals surface area contributed by atoms with Crippen LogP contribution in [0.4, 0.5) is 0 Å². The van der Waals surface area contributed by atoms with Crippen molar-refractivity contribution in [1.29, 1.82) is 0 Å². The minimum absolute atomic E-state index is 0.653. The van der Waals surface area contributed by atoms with Crippen LogP contribution in [-0.2, 0) is 0 Å². The lowest BCUT2D eigenvalue weighted by atomic mass is 9.92. The largest absolute Gasteiger partial charge is 0.489 e. The van der Waals surface area contributed by atoms with E-state index in [1.54, 1.807) is 0 Å². The second kappa shape index (κ2) is 4.10. The second-order valence-electron chi connectivity index (χ2n) is 4.24. The minimum atomic E-state index is 0.653. The highest BCUT2D eigenvalue weighted by molar-refractivity contribution is 5.85. The van der Waals surface area contributed by atoms with Crippen LogP contribution in [0, 0.1) is 6.92 Å². The van der Waals surface area contributed by atoms with Crippen LogP contribution in [0.5, 0.6) is 5.75 Å². The van der Waals surface area contributed by atoms with Gasteiger partial charge in [-0.3, -0.25) is 0 Å². The Bertz CT molecular complexity index is 567. The number of ether oxygens (including phenoxy) is 1. The van der Waals surface area contributed by atoms with E-state index in [-0.39, 0.29) is 0 Å². The quantitative estimate of drug-likeness (QED) is 0.712. The minimum Gasteiger partial charge on any atom is -0.489 e. The predicted molar refractivity (Wildman–Crippen MR) is 70.2 cm³/mol. The van der Waals surface area contributed by atoms with Crippen LogP contribution in [0.15, 0.2) is 54.6 Å². The molecule has 0 spiro atoms. The van der Waals surface area contributed by atoms with E-state index in [4.69, 9.17) is 4.74 Å². The molecule has 0 radical (unpaired) electrons. The lowest BCUT2D eigenvalue weighted by Gasteiger charge is -2.20. The molecule has 0 atom stereocenters. The number of benzene rings is 2. The molecule has 17 heavy (non-hydrogen) atoms. The number of rotatable bonds is 1. The van der Waals surface area contributed by atoms with Gasteiger partial charge < -0.3 is 4.74 Å². The standard InChI is InChI=1S/C16H14O/c1-12-6-5-9-15-16(12)14(10-11-17-15)13-7-3-2-4-8-13/h2-10H,11H2,1H3. The van der Waals surface area contributed by atoms with Crippen LogP contribution in [-0.4, -0.2) is 6.61 Å². The molecule has 0 bridgehead atoms. The Balaban J connectivity index is 2.18. The van der Waals surface area contributed by atoms with Gasteiger partial charge in [-0.05, 0) is 35.8 Å². The first-order valence-corrected chi connectivity index (χ1v) is 5.84. The fraction of sp³-hybridized carbons (Fsp3) is 0.125. The van der Waals surface area contributed by atoms with Gasteiger partial charge in [0.15, 0.2) is 0 Å². The maximum Gasteiger partial charge on any atom is 0.127 e. The normalized spacial score (nSPS) is 13.6. The lowest BCUT2D eigenvalue weighted by Crippen LogP contribution is -2.06. The first-order chi connectivity index (χ1) is 8.36. The summed E-state index contributed by atoms with van der Waals surface area (Å²) in [5.41, 5.74) is 5.03. The van der Waals surface area contributed by atoms with Crippen molar-refractivity contribution in [3.63, 3.8) is 0 Å². The van der Waals surface area contributed by atoms with Crippen molar-refractivity contribution in [3.8, 4) is 5.75 Å². The molecule has 1 aliphatic heterocycles. The number of hydrogen-bond donors (Lipinski definition) is 0. The van der Waals surface area contributed by atoms with Crippen molar-refractivity contribution < 1.29 is 4.74 Å². The summed E-state index contributed by atoms with van der Waals surface area (Å²) in [6.07, 6.45) is 2.16. The van der Waals surface area contributed by atoms with Gasteiger partial charge >= 0.3 is 0 Å². The van der Waals surface area contributed by atoms with Gasteiger partial charge in [-0.1, -0.05) is 42.5 Å². The van der Waals surface area contributed by atoms with Crippen molar-refractivity contribution in [1.82, 2.24) is 0 Å². The van der Waals surface area contributed by atoms with Crippen molar-refractivity contribution in [2.45, 2.75) is 6.92 Å². The molecule has 1 heterocycles. The van der Waals surface area contributed by atoms with Crippen LogP contribution >= 0.6 is 0 Å². The Morgan fingerprint density at radius 3 is 2.59 bits per heavy atom. The summed E-state index contributed by atoms with van der Waals surface area (Å²) in [4.78, 5) is 0. The van der Waals surface area contributed by atoms with Crippen LogP contribution in [0.2, 0.25) is 0 Å². The summed E-state index contributed by atoms with van der Waals surface area (Å²) < 4.78 is 5.68. The van der Waals surface area contributed by atoms with Crippen LogP contribution in [0.3, 0.4) is 0 Å². The van der Waals surface area contributed by atoms with Crippen molar-refractivity contribution in [2.24, 2.45) is 0 Å². The van der Waals surface area contributed by atoms with E-state index < -0.39 is 0 Å². The Hall–Kier alpha value is -2.02. The first-order valence-electron chi connectivity index (χ1n) is 5.84. The SMILES string of the molecule is Cc1cccc2c1C(c1ccccc1)=CCO2. The Morgan fingerprint density at radius 2 is 1.76 bits per heavy atom. The van der Waals surface area contributed by atoms with E-state index in [1.165, 1.54) is 22.3 Å². The number of fused-ring (bicyclic) bond motifs is 1. The van der Waals surface area contributed by atoms with Gasteiger partial charge in [0.1, 0.15) is 12.4 Å². The molecule has 1 nitrogen and oxygen atoms in total. The van der Waals surface area contributed by atoms with Gasteiger partial charge in [-0.25, -0.2) is 0 Å². The third kappa shape index (κ3) is 1.74. The maximum absolute atomic E-state index is 5.68. The smallest absolute Gasteiger partial charge is 0.127 e. The molecule has 1 heteroatoms. The number of hydrogen-bond acceptors (Lipinski definition) is 1. The van der Waals surface area contributed by atoms with Crippen molar-refractivity contribution in [2.75, 3.05) is 6.61 Å². The molecule has 0 aliphatic carbocycles. The van der Waals surface area contributed by atoms with Gasteiger partial charge in [-0.2, -0.15) is 0 Å². The van der Waals surface area contributed by atoms with E-state index in [2.05, 4.69) is 43.3 Å². The average molecular weight is 222 g/mol. The molecular weight excluding hydrogens is 208 g/mol. The van der Waals surface area contributed by atoms with Gasteiger partial charge in [0.05, 0.1) is 0 Å². The molecule has 0 aromatic heterocycles. The topological polar surface area (TPSA) is 9.23 Å². The fourth-order valence-electron chi connectivity index (χ4n) is 2.30. The van der Waals surface area contributed by atoms with Crippen LogP contribution in [0.25, 0.3) is 5.57 Å². The van der Waals surface area contributed by atoms with E-state index >= 15 is 0 Å². The third-order valence-electron chi connectivity index (χ3n) is 3.11.